The van der Waals surface area contributed by atoms with Gasteiger partial charge in [0.05, 0.1) is 18.0 Å². The van der Waals surface area contributed by atoms with Crippen LogP contribution in [-0.2, 0) is 14.8 Å². The van der Waals surface area contributed by atoms with E-state index in [0.29, 0.717) is 30.8 Å². The fourth-order valence-electron chi connectivity index (χ4n) is 3.74. The third-order valence-corrected chi connectivity index (χ3v) is 6.98. The predicted octanol–water partition coefficient (Wildman–Crippen LogP) is 2.81. The van der Waals surface area contributed by atoms with Crippen LogP contribution in [0.1, 0.15) is 17.5 Å². The van der Waals surface area contributed by atoms with Crippen molar-refractivity contribution in [2.45, 2.75) is 31.3 Å². The zero-order valence-electron chi connectivity index (χ0n) is 17.5. The number of nitrogens with one attached hydrogen (secondary N) is 1. The number of aromatic nitrogens is 1. The van der Waals surface area contributed by atoms with Gasteiger partial charge in [0.2, 0.25) is 15.9 Å². The Morgan fingerprint density at radius 1 is 1.19 bits per heavy atom. The number of hydrogen-bond donors (Lipinski definition) is 1. The summed E-state index contributed by atoms with van der Waals surface area (Å²) in [5.41, 5.74) is 2.28. The summed E-state index contributed by atoms with van der Waals surface area (Å²) < 4.78 is 33.8. The number of pyridine rings is 1. The number of amides is 1. The van der Waals surface area contributed by atoms with Crippen molar-refractivity contribution in [3.8, 4) is 5.75 Å². The maximum Gasteiger partial charge on any atom is 0.241 e. The average molecular weight is 440 g/mol. The lowest BCUT2D eigenvalue weighted by atomic mass is 10.2. The number of carbonyl (C=O) groups excluding carboxylic acids is 1. The van der Waals surface area contributed by atoms with E-state index in [4.69, 9.17) is 4.74 Å². The van der Waals surface area contributed by atoms with Crippen molar-refractivity contribution >= 4 is 26.8 Å². The van der Waals surface area contributed by atoms with Gasteiger partial charge in [-0.2, -0.15) is 0 Å². The van der Waals surface area contributed by atoms with Gasteiger partial charge in [0.25, 0.3) is 0 Å². The summed E-state index contributed by atoms with van der Waals surface area (Å²) in [4.78, 5) is 18.8. The summed E-state index contributed by atoms with van der Waals surface area (Å²) in [6, 6.07) is 14.8. The number of hydrogen-bond acceptors (Lipinski definition) is 5. The van der Waals surface area contributed by atoms with Crippen LogP contribution in [-0.4, -0.2) is 49.9 Å². The van der Waals surface area contributed by atoms with Gasteiger partial charge in [0.15, 0.2) is 0 Å². The Labute approximate surface area is 182 Å². The second-order valence-electron chi connectivity index (χ2n) is 7.79. The molecule has 3 aromatic rings. The number of aryl methyl sites for hydroxylation is 2. The number of likely N-dealkylation sites (tertiary alicyclic amines) is 1. The van der Waals surface area contributed by atoms with Gasteiger partial charge < -0.3 is 9.64 Å². The largest absolute Gasteiger partial charge is 0.486 e. The molecule has 1 aliphatic rings. The molecule has 0 saturated carbocycles. The quantitative estimate of drug-likeness (QED) is 0.638. The first-order valence-corrected chi connectivity index (χ1v) is 11.7. The number of benzene rings is 2. The lowest BCUT2D eigenvalue weighted by molar-refractivity contribution is -0.129. The second-order valence-corrected chi connectivity index (χ2v) is 9.53. The molecule has 2 aromatic carbocycles. The molecule has 1 fully saturated rings. The average Bonchev–Trinajstić information content (AvgIpc) is 3.23. The summed E-state index contributed by atoms with van der Waals surface area (Å²) >= 11 is 0. The van der Waals surface area contributed by atoms with E-state index in [1.54, 1.807) is 30.2 Å². The molecule has 31 heavy (non-hydrogen) atoms. The number of nitrogens with zero attached hydrogens (tertiary/aromatic N) is 2. The first-order valence-electron chi connectivity index (χ1n) is 10.2. The van der Waals surface area contributed by atoms with E-state index in [1.807, 2.05) is 43.3 Å². The zero-order valence-corrected chi connectivity index (χ0v) is 18.4. The van der Waals surface area contributed by atoms with Crippen molar-refractivity contribution < 1.29 is 17.9 Å². The number of fused-ring (bicyclic) bond motifs is 1. The van der Waals surface area contributed by atoms with Crippen molar-refractivity contribution in [3.63, 3.8) is 0 Å². The van der Waals surface area contributed by atoms with Gasteiger partial charge in [-0.25, -0.2) is 13.1 Å². The van der Waals surface area contributed by atoms with Gasteiger partial charge in [0, 0.05) is 24.5 Å². The van der Waals surface area contributed by atoms with Crippen molar-refractivity contribution in [1.29, 1.82) is 0 Å². The molecule has 1 unspecified atom stereocenters. The summed E-state index contributed by atoms with van der Waals surface area (Å²) in [6.07, 6.45) is 2.24. The Bertz CT molecular complexity index is 1220. The van der Waals surface area contributed by atoms with Crippen LogP contribution >= 0.6 is 0 Å². The highest BCUT2D eigenvalue weighted by atomic mass is 32.2. The molecular formula is C23H25N3O4S. The third-order valence-electron chi connectivity index (χ3n) is 5.43. The highest BCUT2D eigenvalue weighted by molar-refractivity contribution is 7.89. The zero-order chi connectivity index (χ0) is 22.0. The molecule has 4 rings (SSSR count). The smallest absolute Gasteiger partial charge is 0.241 e. The van der Waals surface area contributed by atoms with Crippen molar-refractivity contribution in [2.24, 2.45) is 0 Å². The molecule has 1 atom stereocenters. The lowest BCUT2D eigenvalue weighted by Crippen LogP contribution is -2.39. The van der Waals surface area contributed by atoms with Gasteiger partial charge >= 0.3 is 0 Å². The maximum atomic E-state index is 12.6. The molecule has 7 nitrogen and oxygen atoms in total. The Balaban J connectivity index is 1.37. The van der Waals surface area contributed by atoms with E-state index in [0.717, 1.165) is 16.5 Å². The van der Waals surface area contributed by atoms with Crippen LogP contribution in [0.4, 0.5) is 0 Å². The standard InChI is InChI=1S/C23H25N3O4S/c1-16-8-9-17(2)21(13-16)31(28,29)25-14-22(27)26-12-10-19(15-26)30-20-7-3-5-18-6-4-11-24-23(18)20/h3-9,11,13,19,25H,10,12,14-15H2,1-2H3. The first kappa shape index (κ1) is 21.3. The number of rotatable bonds is 6. The number of para-hydroxylation sites is 1. The number of carbonyl (C=O) groups is 1. The van der Waals surface area contributed by atoms with Gasteiger partial charge in [-0.05, 0) is 43.2 Å². The fourth-order valence-corrected chi connectivity index (χ4v) is 5.05. The topological polar surface area (TPSA) is 88.6 Å². The van der Waals surface area contributed by atoms with Crippen LogP contribution in [0.25, 0.3) is 10.9 Å². The van der Waals surface area contributed by atoms with E-state index in [1.165, 1.54) is 0 Å². The van der Waals surface area contributed by atoms with Crippen LogP contribution in [0.5, 0.6) is 5.75 Å². The Kier molecular flexibility index (Phi) is 5.93. The molecule has 0 bridgehead atoms. The Hall–Kier alpha value is -2.97. The maximum absolute atomic E-state index is 12.6. The van der Waals surface area contributed by atoms with Gasteiger partial charge in [0.1, 0.15) is 17.4 Å². The monoisotopic (exact) mass is 439 g/mol. The summed E-state index contributed by atoms with van der Waals surface area (Å²) in [7, 11) is -3.76. The molecular weight excluding hydrogens is 414 g/mol. The first-order chi connectivity index (χ1) is 14.8. The summed E-state index contributed by atoms with van der Waals surface area (Å²) in [5.74, 6) is 0.420. The highest BCUT2D eigenvalue weighted by Crippen LogP contribution is 2.26. The van der Waals surface area contributed by atoms with Crippen molar-refractivity contribution in [3.05, 3.63) is 65.9 Å². The van der Waals surface area contributed by atoms with Gasteiger partial charge in [-0.1, -0.05) is 30.3 Å². The van der Waals surface area contributed by atoms with E-state index >= 15 is 0 Å². The van der Waals surface area contributed by atoms with Crippen molar-refractivity contribution in [2.75, 3.05) is 19.6 Å². The van der Waals surface area contributed by atoms with Crippen LogP contribution in [0, 0.1) is 13.8 Å². The predicted molar refractivity (Wildman–Crippen MR) is 118 cm³/mol. The molecule has 1 aromatic heterocycles. The molecule has 1 saturated heterocycles. The van der Waals surface area contributed by atoms with E-state index in [9.17, 15) is 13.2 Å². The minimum Gasteiger partial charge on any atom is -0.486 e. The Morgan fingerprint density at radius 3 is 2.84 bits per heavy atom. The van der Waals surface area contributed by atoms with E-state index < -0.39 is 10.0 Å². The highest BCUT2D eigenvalue weighted by Gasteiger charge is 2.29. The van der Waals surface area contributed by atoms with Crippen LogP contribution in [0.3, 0.4) is 0 Å². The van der Waals surface area contributed by atoms with E-state index in [2.05, 4.69) is 9.71 Å². The van der Waals surface area contributed by atoms with Crippen LogP contribution in [0.2, 0.25) is 0 Å². The van der Waals surface area contributed by atoms with E-state index in [-0.39, 0.29) is 23.5 Å². The molecule has 1 aliphatic heterocycles. The van der Waals surface area contributed by atoms with Gasteiger partial charge in [-0.3, -0.25) is 9.78 Å². The molecule has 8 heteroatoms. The van der Waals surface area contributed by atoms with Gasteiger partial charge in [-0.15, -0.1) is 0 Å². The van der Waals surface area contributed by atoms with Crippen LogP contribution in [0.15, 0.2) is 59.6 Å². The molecule has 162 valence electrons. The normalized spacial score (nSPS) is 16.6. The molecule has 0 radical (unpaired) electrons. The fraction of sp³-hybridized carbons (Fsp3) is 0.304. The van der Waals surface area contributed by atoms with Crippen LogP contribution < -0.4 is 9.46 Å². The molecule has 2 heterocycles. The molecule has 0 aliphatic carbocycles. The molecule has 1 amide bonds. The minimum atomic E-state index is -3.76. The lowest BCUT2D eigenvalue weighted by Gasteiger charge is -2.18. The summed E-state index contributed by atoms with van der Waals surface area (Å²) in [6.45, 7) is 4.22. The second kappa shape index (κ2) is 8.64. The SMILES string of the molecule is Cc1ccc(C)c(S(=O)(=O)NCC(=O)N2CCC(Oc3cccc4cccnc34)C2)c1. The molecule has 1 N–H and O–H groups in total. The number of sulfonamides is 1. The molecule has 0 spiro atoms. The summed E-state index contributed by atoms with van der Waals surface area (Å²) in [5, 5.41) is 0.992. The number of ether oxygens (including phenoxy) is 1. The third kappa shape index (κ3) is 4.70. The van der Waals surface area contributed by atoms with Crippen molar-refractivity contribution in [1.82, 2.24) is 14.6 Å². The Morgan fingerprint density at radius 2 is 2.00 bits per heavy atom. The minimum absolute atomic E-state index is 0.160.